The third kappa shape index (κ3) is 5.13. The number of hydrogen-bond donors (Lipinski definition) is 1. The Bertz CT molecular complexity index is 1300. The van der Waals surface area contributed by atoms with E-state index in [1.54, 1.807) is 0 Å². The van der Waals surface area contributed by atoms with E-state index in [4.69, 9.17) is 10.1 Å². The summed E-state index contributed by atoms with van der Waals surface area (Å²) in [6, 6.07) is 13.9. The molecule has 1 amide bonds. The number of fused-ring (bicyclic) bond motifs is 1. The lowest BCUT2D eigenvalue weighted by Crippen LogP contribution is -2.46. The van der Waals surface area contributed by atoms with Gasteiger partial charge in [-0.05, 0) is 62.4 Å². The van der Waals surface area contributed by atoms with E-state index in [0.29, 0.717) is 18.7 Å². The Morgan fingerprint density at radius 1 is 1.03 bits per heavy atom. The van der Waals surface area contributed by atoms with Gasteiger partial charge in [-0.3, -0.25) is 9.69 Å². The van der Waals surface area contributed by atoms with Crippen molar-refractivity contribution in [2.45, 2.75) is 20.4 Å². The van der Waals surface area contributed by atoms with Crippen LogP contribution in [0.3, 0.4) is 0 Å². The van der Waals surface area contributed by atoms with E-state index in [1.165, 1.54) is 0 Å². The summed E-state index contributed by atoms with van der Waals surface area (Å²) in [6.07, 6.45) is 4.01. The van der Waals surface area contributed by atoms with Crippen molar-refractivity contribution in [1.82, 2.24) is 34.4 Å². The van der Waals surface area contributed by atoms with Gasteiger partial charge in [0.1, 0.15) is 0 Å². The number of nitrogens with zero attached hydrogens (tertiary/aromatic N) is 6. The normalized spacial score (nSPS) is 15.1. The van der Waals surface area contributed by atoms with Gasteiger partial charge in [-0.2, -0.15) is 5.10 Å². The SMILES string of the molecule is Cc1cc(C)c2c(-n3cccc3)nn(Cc3ccc(C(=O)NCCN4CCN(C)CC4)cc3)c2n1. The van der Waals surface area contributed by atoms with Gasteiger partial charge in [0.05, 0.1) is 11.9 Å². The second-order valence-electron chi connectivity index (χ2n) is 9.45. The molecule has 0 bridgehead atoms. The molecule has 0 unspecified atom stereocenters. The minimum absolute atomic E-state index is 0.0296. The Balaban J connectivity index is 1.27. The molecule has 0 atom stereocenters. The quantitative estimate of drug-likeness (QED) is 0.449. The van der Waals surface area contributed by atoms with Gasteiger partial charge in [-0.15, -0.1) is 0 Å². The standard InChI is InChI=1S/C27H33N7O/c1-20-18-21(2)29-25-24(20)26(33-11-4-5-12-33)30-34(25)19-22-6-8-23(9-7-22)27(35)28-10-13-32-16-14-31(3)15-17-32/h4-9,11-12,18H,10,13-17,19H2,1-3H3,(H,28,35). The van der Waals surface area contributed by atoms with Gasteiger partial charge in [0.15, 0.2) is 11.5 Å². The monoisotopic (exact) mass is 471 g/mol. The summed E-state index contributed by atoms with van der Waals surface area (Å²) < 4.78 is 3.98. The van der Waals surface area contributed by atoms with Crippen molar-refractivity contribution in [2.75, 3.05) is 46.3 Å². The van der Waals surface area contributed by atoms with Crippen LogP contribution in [0.2, 0.25) is 0 Å². The third-order valence-corrected chi connectivity index (χ3v) is 6.72. The van der Waals surface area contributed by atoms with Crippen molar-refractivity contribution < 1.29 is 4.79 Å². The average molecular weight is 472 g/mol. The van der Waals surface area contributed by atoms with E-state index in [9.17, 15) is 4.79 Å². The molecule has 1 N–H and O–H groups in total. The zero-order chi connectivity index (χ0) is 24.4. The van der Waals surface area contributed by atoms with E-state index in [1.807, 2.05) is 65.0 Å². The number of likely N-dealkylation sites (N-methyl/N-ethyl adjacent to an activating group) is 1. The third-order valence-electron chi connectivity index (χ3n) is 6.72. The lowest BCUT2D eigenvalue weighted by atomic mass is 10.1. The first-order valence-electron chi connectivity index (χ1n) is 12.2. The number of nitrogens with one attached hydrogen (secondary N) is 1. The van der Waals surface area contributed by atoms with E-state index in [0.717, 1.165) is 66.4 Å². The molecule has 1 aliphatic heterocycles. The van der Waals surface area contributed by atoms with Crippen LogP contribution in [0.15, 0.2) is 54.9 Å². The zero-order valence-corrected chi connectivity index (χ0v) is 20.7. The molecule has 5 rings (SSSR count). The minimum atomic E-state index is -0.0296. The van der Waals surface area contributed by atoms with Gasteiger partial charge in [-0.25, -0.2) is 9.67 Å². The minimum Gasteiger partial charge on any atom is -0.351 e. The molecule has 0 radical (unpaired) electrons. The number of rotatable bonds is 7. The van der Waals surface area contributed by atoms with E-state index >= 15 is 0 Å². The van der Waals surface area contributed by atoms with E-state index in [2.05, 4.69) is 35.2 Å². The van der Waals surface area contributed by atoms with E-state index in [-0.39, 0.29) is 5.91 Å². The summed E-state index contributed by atoms with van der Waals surface area (Å²) in [5, 5.41) is 9.02. The number of carbonyl (C=O) groups excluding carboxylic acids is 1. The molecule has 0 spiro atoms. The van der Waals surface area contributed by atoms with E-state index < -0.39 is 0 Å². The summed E-state index contributed by atoms with van der Waals surface area (Å²) in [5.74, 6) is 0.851. The van der Waals surface area contributed by atoms with Crippen molar-refractivity contribution in [3.8, 4) is 5.82 Å². The lowest BCUT2D eigenvalue weighted by Gasteiger charge is -2.32. The Hall–Kier alpha value is -3.49. The van der Waals surface area contributed by atoms with Crippen LogP contribution in [-0.2, 0) is 6.54 Å². The number of benzene rings is 1. The number of aryl methyl sites for hydroxylation is 2. The number of hydrogen-bond acceptors (Lipinski definition) is 5. The highest BCUT2D eigenvalue weighted by molar-refractivity contribution is 5.94. The fraction of sp³-hybridized carbons (Fsp3) is 0.370. The van der Waals surface area contributed by atoms with Crippen LogP contribution in [0.5, 0.6) is 0 Å². The molecular weight excluding hydrogens is 438 g/mol. The molecule has 3 aromatic heterocycles. The number of amides is 1. The maximum Gasteiger partial charge on any atom is 0.251 e. The fourth-order valence-corrected chi connectivity index (χ4v) is 4.69. The van der Waals surface area contributed by atoms with Gasteiger partial charge in [0.25, 0.3) is 5.91 Å². The average Bonchev–Trinajstić information content (AvgIpc) is 3.49. The second kappa shape index (κ2) is 10.0. The predicted molar refractivity (Wildman–Crippen MR) is 138 cm³/mol. The van der Waals surface area contributed by atoms with Crippen molar-refractivity contribution >= 4 is 16.9 Å². The molecule has 1 aromatic carbocycles. The molecule has 4 aromatic rings. The van der Waals surface area contributed by atoms with Crippen LogP contribution >= 0.6 is 0 Å². The number of carbonyl (C=O) groups is 1. The maximum absolute atomic E-state index is 12.6. The lowest BCUT2D eigenvalue weighted by molar-refractivity contribution is 0.0941. The van der Waals surface area contributed by atoms with Crippen LogP contribution < -0.4 is 5.32 Å². The molecule has 182 valence electrons. The highest BCUT2D eigenvalue weighted by atomic mass is 16.1. The molecule has 8 heteroatoms. The molecule has 1 fully saturated rings. The van der Waals surface area contributed by atoms with Crippen LogP contribution in [0.1, 0.15) is 27.2 Å². The highest BCUT2D eigenvalue weighted by Gasteiger charge is 2.17. The molecule has 1 aliphatic rings. The summed E-state index contributed by atoms with van der Waals surface area (Å²) in [4.78, 5) is 22.2. The predicted octanol–water partition coefficient (Wildman–Crippen LogP) is 2.86. The number of pyridine rings is 1. The fourth-order valence-electron chi connectivity index (χ4n) is 4.69. The Morgan fingerprint density at radius 2 is 1.74 bits per heavy atom. The van der Waals surface area contributed by atoms with Crippen LogP contribution in [0.25, 0.3) is 16.9 Å². The Labute approximate surface area is 206 Å². The van der Waals surface area contributed by atoms with Crippen LogP contribution in [-0.4, -0.2) is 81.4 Å². The summed E-state index contributed by atoms with van der Waals surface area (Å²) >= 11 is 0. The van der Waals surface area contributed by atoms with Crippen molar-refractivity contribution in [3.63, 3.8) is 0 Å². The smallest absolute Gasteiger partial charge is 0.251 e. The van der Waals surface area contributed by atoms with Crippen molar-refractivity contribution in [1.29, 1.82) is 0 Å². The molecular formula is C27H33N7O. The van der Waals surface area contributed by atoms with Crippen molar-refractivity contribution in [2.24, 2.45) is 0 Å². The number of aromatic nitrogens is 4. The topological polar surface area (TPSA) is 71.2 Å². The first kappa shape index (κ1) is 23.3. The van der Waals surface area contributed by atoms with Crippen molar-refractivity contribution in [3.05, 3.63) is 77.2 Å². The molecule has 1 saturated heterocycles. The molecule has 4 heterocycles. The van der Waals surface area contributed by atoms with Gasteiger partial charge < -0.3 is 14.8 Å². The van der Waals surface area contributed by atoms with Gasteiger partial charge in [-0.1, -0.05) is 12.1 Å². The largest absolute Gasteiger partial charge is 0.351 e. The number of piperazine rings is 1. The molecule has 8 nitrogen and oxygen atoms in total. The molecule has 35 heavy (non-hydrogen) atoms. The Morgan fingerprint density at radius 3 is 2.46 bits per heavy atom. The molecule has 0 saturated carbocycles. The zero-order valence-electron chi connectivity index (χ0n) is 20.7. The van der Waals surface area contributed by atoms with Crippen LogP contribution in [0, 0.1) is 13.8 Å². The highest BCUT2D eigenvalue weighted by Crippen LogP contribution is 2.25. The Kier molecular flexibility index (Phi) is 6.66. The first-order chi connectivity index (χ1) is 17.0. The summed E-state index contributed by atoms with van der Waals surface area (Å²) in [7, 11) is 2.15. The summed E-state index contributed by atoms with van der Waals surface area (Å²) in [6.45, 7) is 10.5. The van der Waals surface area contributed by atoms with Gasteiger partial charge in [0.2, 0.25) is 0 Å². The summed E-state index contributed by atoms with van der Waals surface area (Å²) in [5.41, 5.74) is 4.75. The van der Waals surface area contributed by atoms with Gasteiger partial charge in [0, 0.05) is 62.9 Å². The van der Waals surface area contributed by atoms with Crippen LogP contribution in [0.4, 0.5) is 0 Å². The first-order valence-corrected chi connectivity index (χ1v) is 12.2. The molecule has 0 aliphatic carbocycles. The van der Waals surface area contributed by atoms with Gasteiger partial charge >= 0.3 is 0 Å². The second-order valence-corrected chi connectivity index (χ2v) is 9.45. The maximum atomic E-state index is 12.6.